The van der Waals surface area contributed by atoms with Crippen LogP contribution in [0, 0.1) is 23.5 Å². The molecule has 9 heteroatoms. The molecule has 3 atom stereocenters. The molecule has 0 spiro atoms. The number of benzene rings is 1. The highest BCUT2D eigenvalue weighted by Gasteiger charge is 2.38. The quantitative estimate of drug-likeness (QED) is 0.629. The van der Waals surface area contributed by atoms with E-state index >= 15 is 0 Å². The van der Waals surface area contributed by atoms with E-state index in [9.17, 15) is 33.4 Å². The molecule has 28 heavy (non-hydrogen) atoms. The number of hydrogen-bond donors (Lipinski definition) is 3. The third kappa shape index (κ3) is 5.25. The van der Waals surface area contributed by atoms with Gasteiger partial charge in [0.15, 0.2) is 11.6 Å². The van der Waals surface area contributed by atoms with Crippen LogP contribution in [0.25, 0.3) is 0 Å². The van der Waals surface area contributed by atoms with E-state index in [-0.39, 0.29) is 31.0 Å². The summed E-state index contributed by atoms with van der Waals surface area (Å²) in [5.74, 6) is -5.89. The van der Waals surface area contributed by atoms with Crippen LogP contribution in [0.4, 0.5) is 8.78 Å². The Bertz CT molecular complexity index is 756. The van der Waals surface area contributed by atoms with Crippen molar-refractivity contribution in [2.24, 2.45) is 11.8 Å². The van der Waals surface area contributed by atoms with Gasteiger partial charge in [0.05, 0.1) is 18.1 Å². The predicted octanol–water partition coefficient (Wildman–Crippen LogP) is 1.46. The van der Waals surface area contributed by atoms with Crippen molar-refractivity contribution in [3.8, 4) is 0 Å². The molecule has 1 heterocycles. The minimum absolute atomic E-state index is 0.0786. The van der Waals surface area contributed by atoms with E-state index in [0.717, 1.165) is 17.0 Å². The number of carbonyl (C=O) groups is 3. The summed E-state index contributed by atoms with van der Waals surface area (Å²) < 4.78 is 26.7. The monoisotopic (exact) mass is 398 g/mol. The third-order valence-corrected chi connectivity index (χ3v) is 4.68. The Hall–Kier alpha value is -2.55. The molecule has 1 saturated heterocycles. The average molecular weight is 398 g/mol. The Morgan fingerprint density at radius 1 is 1.25 bits per heavy atom. The largest absolute Gasteiger partial charge is 0.481 e. The van der Waals surface area contributed by atoms with Crippen LogP contribution in [0.1, 0.15) is 38.3 Å². The molecule has 0 radical (unpaired) electrons. The minimum Gasteiger partial charge on any atom is -0.481 e. The number of rotatable bonds is 6. The van der Waals surface area contributed by atoms with E-state index in [4.69, 9.17) is 0 Å². The van der Waals surface area contributed by atoms with Crippen molar-refractivity contribution in [1.82, 2.24) is 10.2 Å². The molecule has 1 aromatic carbocycles. The first-order valence-electron chi connectivity index (χ1n) is 9.04. The smallest absolute Gasteiger partial charge is 0.312 e. The van der Waals surface area contributed by atoms with Gasteiger partial charge in [0.25, 0.3) is 0 Å². The number of amides is 2. The number of carboxylic acids is 1. The maximum Gasteiger partial charge on any atom is 0.312 e. The van der Waals surface area contributed by atoms with Crippen LogP contribution >= 0.6 is 0 Å². The van der Waals surface area contributed by atoms with Crippen molar-refractivity contribution in [2.75, 3.05) is 13.1 Å². The van der Waals surface area contributed by atoms with Crippen molar-refractivity contribution in [3.05, 3.63) is 35.4 Å². The summed E-state index contributed by atoms with van der Waals surface area (Å²) >= 11 is 0. The SMILES string of the molecule is CC(C)CC(CNC(=O)C(=O)N1CC(O)CC1c1ccc(F)c(F)c1)C(=O)O. The molecule has 0 saturated carbocycles. The maximum absolute atomic E-state index is 13.5. The number of halogens is 2. The molecule has 2 amide bonds. The van der Waals surface area contributed by atoms with E-state index in [1.165, 1.54) is 6.07 Å². The van der Waals surface area contributed by atoms with Gasteiger partial charge in [-0.1, -0.05) is 19.9 Å². The summed E-state index contributed by atoms with van der Waals surface area (Å²) in [5.41, 5.74) is 0.264. The second-order valence-electron chi connectivity index (χ2n) is 7.41. The molecule has 3 unspecified atom stereocenters. The van der Waals surface area contributed by atoms with E-state index in [0.29, 0.717) is 6.42 Å². The number of β-amino-alcohol motifs (C(OH)–C–C–N with tert-alkyl or cyclic N) is 1. The van der Waals surface area contributed by atoms with Crippen LogP contribution < -0.4 is 5.32 Å². The van der Waals surface area contributed by atoms with E-state index in [1.807, 2.05) is 13.8 Å². The molecule has 7 nitrogen and oxygen atoms in total. The van der Waals surface area contributed by atoms with Gasteiger partial charge in [-0.2, -0.15) is 0 Å². The fraction of sp³-hybridized carbons (Fsp3) is 0.526. The zero-order chi connectivity index (χ0) is 21.0. The molecule has 0 bridgehead atoms. The fourth-order valence-electron chi connectivity index (χ4n) is 3.34. The molecule has 0 aliphatic carbocycles. The number of carbonyl (C=O) groups excluding carboxylic acids is 2. The van der Waals surface area contributed by atoms with Crippen molar-refractivity contribution in [3.63, 3.8) is 0 Å². The van der Waals surface area contributed by atoms with Crippen LogP contribution in [0.2, 0.25) is 0 Å². The van der Waals surface area contributed by atoms with E-state index in [2.05, 4.69) is 5.32 Å². The molecule has 1 aliphatic rings. The summed E-state index contributed by atoms with van der Waals surface area (Å²) in [6.07, 6.45) is -0.499. The zero-order valence-corrected chi connectivity index (χ0v) is 15.7. The topological polar surface area (TPSA) is 107 Å². The predicted molar refractivity (Wildman–Crippen MR) is 95.0 cm³/mol. The molecule has 2 rings (SSSR count). The van der Waals surface area contributed by atoms with E-state index in [1.54, 1.807) is 0 Å². The lowest BCUT2D eigenvalue weighted by Gasteiger charge is -2.24. The van der Waals surface area contributed by atoms with Crippen LogP contribution in [0.3, 0.4) is 0 Å². The highest BCUT2D eigenvalue weighted by Crippen LogP contribution is 2.33. The van der Waals surface area contributed by atoms with E-state index < -0.39 is 47.5 Å². The first kappa shape index (κ1) is 21.7. The van der Waals surface area contributed by atoms with Crippen molar-refractivity contribution in [1.29, 1.82) is 0 Å². The summed E-state index contributed by atoms with van der Waals surface area (Å²) in [5, 5.41) is 21.4. The van der Waals surface area contributed by atoms with Gasteiger partial charge in [0.2, 0.25) is 0 Å². The van der Waals surface area contributed by atoms with Gasteiger partial charge in [-0.25, -0.2) is 8.78 Å². The van der Waals surface area contributed by atoms with Crippen molar-refractivity contribution < 1.29 is 33.4 Å². The summed E-state index contributed by atoms with van der Waals surface area (Å²) in [4.78, 5) is 37.1. The Labute approximate surface area is 161 Å². The van der Waals surface area contributed by atoms with Crippen LogP contribution in [-0.2, 0) is 14.4 Å². The molecule has 154 valence electrons. The Morgan fingerprint density at radius 2 is 1.93 bits per heavy atom. The fourth-order valence-corrected chi connectivity index (χ4v) is 3.34. The van der Waals surface area contributed by atoms with Crippen LogP contribution in [0.5, 0.6) is 0 Å². The van der Waals surface area contributed by atoms with Gasteiger partial charge >= 0.3 is 17.8 Å². The normalized spacial score (nSPS) is 20.3. The number of likely N-dealkylation sites (tertiary alicyclic amines) is 1. The van der Waals surface area contributed by atoms with Crippen LogP contribution in [0.15, 0.2) is 18.2 Å². The molecular formula is C19H24F2N2O5. The number of carboxylic acid groups (broad SMARTS) is 1. The van der Waals surface area contributed by atoms with Crippen molar-refractivity contribution >= 4 is 17.8 Å². The standard InChI is InChI=1S/C19H24F2N2O5/c1-10(2)5-12(19(27)28)8-22-17(25)18(26)23-9-13(24)7-16(23)11-3-4-14(20)15(21)6-11/h3-4,6,10,12-13,16,24H,5,7-9H2,1-2H3,(H,22,25)(H,27,28). The second-order valence-corrected chi connectivity index (χ2v) is 7.41. The molecule has 3 N–H and O–H groups in total. The number of hydrogen-bond acceptors (Lipinski definition) is 4. The Balaban J connectivity index is 2.08. The number of nitrogens with zero attached hydrogens (tertiary/aromatic N) is 1. The van der Waals surface area contributed by atoms with Gasteiger partial charge in [-0.05, 0) is 36.5 Å². The van der Waals surface area contributed by atoms with Gasteiger partial charge < -0.3 is 20.4 Å². The molecule has 1 aromatic rings. The van der Waals surface area contributed by atoms with Crippen molar-refractivity contribution in [2.45, 2.75) is 38.8 Å². The lowest BCUT2D eigenvalue weighted by Crippen LogP contribution is -2.45. The van der Waals surface area contributed by atoms with Gasteiger partial charge in [0, 0.05) is 13.1 Å². The van der Waals surface area contributed by atoms with Gasteiger partial charge in [-0.15, -0.1) is 0 Å². The minimum atomic E-state index is -1.09. The molecule has 1 aliphatic heterocycles. The third-order valence-electron chi connectivity index (χ3n) is 4.68. The lowest BCUT2D eigenvalue weighted by molar-refractivity contribution is -0.147. The summed E-state index contributed by atoms with van der Waals surface area (Å²) in [6, 6.07) is 2.36. The Kier molecular flexibility index (Phi) is 7.06. The summed E-state index contributed by atoms with van der Waals surface area (Å²) in [6.45, 7) is 3.36. The first-order chi connectivity index (χ1) is 13.1. The second kappa shape index (κ2) is 9.09. The Morgan fingerprint density at radius 3 is 2.50 bits per heavy atom. The number of aliphatic hydroxyl groups is 1. The maximum atomic E-state index is 13.5. The highest BCUT2D eigenvalue weighted by molar-refractivity contribution is 6.35. The van der Waals surface area contributed by atoms with Crippen LogP contribution in [-0.4, -0.2) is 52.1 Å². The molecular weight excluding hydrogens is 374 g/mol. The number of aliphatic carboxylic acids is 1. The van der Waals surface area contributed by atoms with Gasteiger partial charge in [0.1, 0.15) is 0 Å². The number of nitrogens with one attached hydrogen (secondary N) is 1. The van der Waals surface area contributed by atoms with Gasteiger partial charge in [-0.3, -0.25) is 14.4 Å². The first-order valence-corrected chi connectivity index (χ1v) is 9.04. The molecule has 1 fully saturated rings. The number of aliphatic hydroxyl groups excluding tert-OH is 1. The average Bonchev–Trinajstić information content (AvgIpc) is 3.01. The lowest BCUT2D eigenvalue weighted by atomic mass is 9.97. The molecule has 0 aromatic heterocycles. The summed E-state index contributed by atoms with van der Waals surface area (Å²) in [7, 11) is 0. The highest BCUT2D eigenvalue weighted by atomic mass is 19.2. The zero-order valence-electron chi connectivity index (χ0n) is 15.7.